The Morgan fingerprint density at radius 2 is 2.00 bits per heavy atom. The van der Waals surface area contributed by atoms with Gasteiger partial charge in [-0.3, -0.25) is 0 Å². The summed E-state index contributed by atoms with van der Waals surface area (Å²) in [4.78, 5) is 2.69. The molecule has 0 aliphatic carbocycles. The number of nitrogens with zero attached hydrogens (tertiary/aromatic N) is 1. The molecule has 0 heterocycles. The van der Waals surface area contributed by atoms with Gasteiger partial charge in [-0.05, 0) is 43.5 Å². The molecule has 3 N–H and O–H groups in total. The topological polar surface area (TPSA) is 49.5 Å². The minimum Gasteiger partial charge on any atom is -0.395 e. The number of rotatable bonds is 7. The highest BCUT2D eigenvalue weighted by Crippen LogP contribution is 2.23. The van der Waals surface area contributed by atoms with Crippen LogP contribution in [0.3, 0.4) is 0 Å². The average molecular weight is 280 g/mol. The fourth-order valence-electron chi connectivity index (χ4n) is 2.46. The molecule has 4 heteroatoms. The second-order valence-electron chi connectivity index (χ2n) is 4.75. The first kappa shape index (κ1) is 15.9. The Labute approximate surface area is 121 Å². The Balaban J connectivity index is 3.09. The molecule has 0 aliphatic rings. The van der Waals surface area contributed by atoms with Gasteiger partial charge >= 0.3 is 0 Å². The lowest BCUT2D eigenvalue weighted by Gasteiger charge is -2.32. The van der Waals surface area contributed by atoms with Crippen LogP contribution in [0.25, 0.3) is 0 Å². The maximum atomic E-state index is 9.27. The molecule has 0 spiro atoms. The highest BCUT2D eigenvalue weighted by Gasteiger charge is 2.16. The second-order valence-corrected chi connectivity index (χ2v) is 5.19. The summed E-state index contributed by atoms with van der Waals surface area (Å²) in [5.41, 5.74) is 8.82. The van der Waals surface area contributed by atoms with Crippen molar-refractivity contribution < 1.29 is 5.11 Å². The molecule has 0 bridgehead atoms. The molecule has 0 aliphatic heterocycles. The zero-order valence-corrected chi connectivity index (χ0v) is 12.8. The van der Waals surface area contributed by atoms with Crippen molar-refractivity contribution in [3.05, 3.63) is 29.3 Å². The van der Waals surface area contributed by atoms with Crippen molar-refractivity contribution in [2.75, 3.05) is 18.1 Å². The number of aliphatic hydroxyl groups is 1. The smallest absolute Gasteiger partial charge is 0.104 e. The lowest BCUT2D eigenvalue weighted by Crippen LogP contribution is -2.36. The summed E-state index contributed by atoms with van der Waals surface area (Å²) in [5, 5.41) is 9.27. The van der Waals surface area contributed by atoms with Crippen LogP contribution in [-0.2, 0) is 0 Å². The quantitative estimate of drug-likeness (QED) is 0.754. The van der Waals surface area contributed by atoms with Gasteiger partial charge in [-0.15, -0.1) is 0 Å². The Kier molecular flexibility index (Phi) is 6.25. The van der Waals surface area contributed by atoms with Crippen LogP contribution in [0.5, 0.6) is 0 Å². The molecule has 0 aromatic heterocycles. The monoisotopic (exact) mass is 280 g/mol. The van der Waals surface area contributed by atoms with E-state index in [0.29, 0.717) is 17.6 Å². The molecule has 106 valence electrons. The molecule has 1 rings (SSSR count). The van der Waals surface area contributed by atoms with Crippen molar-refractivity contribution in [2.45, 2.75) is 39.7 Å². The number of aryl methyl sites for hydroxylation is 1. The van der Waals surface area contributed by atoms with Crippen LogP contribution in [0.2, 0.25) is 0 Å². The lowest BCUT2D eigenvalue weighted by molar-refractivity contribution is 0.296. The fourth-order valence-corrected chi connectivity index (χ4v) is 2.69. The third-order valence-corrected chi connectivity index (χ3v) is 3.75. The number of hydrogen-bond donors (Lipinski definition) is 2. The number of anilines is 1. The zero-order valence-electron chi connectivity index (χ0n) is 12.0. The molecule has 0 fully saturated rings. The first-order valence-corrected chi connectivity index (χ1v) is 7.23. The molecular formula is C15H24N2OS. The van der Waals surface area contributed by atoms with Crippen molar-refractivity contribution in [3.8, 4) is 0 Å². The summed E-state index contributed by atoms with van der Waals surface area (Å²) in [5.74, 6) is 0. The number of hydrogen-bond acceptors (Lipinski definition) is 3. The SMILES string of the molecule is CCC(CC)N(CCO)c1ccc(C(N)=S)c(C)c1. The maximum absolute atomic E-state index is 9.27. The van der Waals surface area contributed by atoms with Gasteiger partial charge < -0.3 is 15.7 Å². The predicted molar refractivity (Wildman–Crippen MR) is 85.9 cm³/mol. The van der Waals surface area contributed by atoms with Crippen LogP contribution in [0.15, 0.2) is 18.2 Å². The molecule has 0 unspecified atom stereocenters. The van der Waals surface area contributed by atoms with E-state index in [1.54, 1.807) is 0 Å². The van der Waals surface area contributed by atoms with Crippen molar-refractivity contribution in [1.82, 2.24) is 0 Å². The minimum absolute atomic E-state index is 0.159. The Morgan fingerprint density at radius 1 is 1.37 bits per heavy atom. The Bertz CT molecular complexity index is 430. The van der Waals surface area contributed by atoms with Crippen LogP contribution in [0, 0.1) is 6.92 Å². The van der Waals surface area contributed by atoms with Crippen molar-refractivity contribution in [3.63, 3.8) is 0 Å². The van der Waals surface area contributed by atoms with Crippen LogP contribution in [-0.4, -0.2) is 29.3 Å². The standard InChI is InChI=1S/C15H24N2OS/c1-4-12(5-2)17(8-9-18)13-6-7-14(15(16)19)11(3)10-13/h6-7,10,12,18H,4-5,8-9H2,1-3H3,(H2,16,19). The number of thiocarbonyl (C=S) groups is 1. The van der Waals surface area contributed by atoms with E-state index >= 15 is 0 Å². The van der Waals surface area contributed by atoms with E-state index < -0.39 is 0 Å². The van der Waals surface area contributed by atoms with E-state index in [2.05, 4.69) is 24.8 Å². The summed E-state index contributed by atoms with van der Waals surface area (Å²) in [6, 6.07) is 6.56. The summed E-state index contributed by atoms with van der Waals surface area (Å²) < 4.78 is 0. The minimum atomic E-state index is 0.159. The van der Waals surface area contributed by atoms with Crippen LogP contribution in [0.1, 0.15) is 37.8 Å². The van der Waals surface area contributed by atoms with Crippen LogP contribution < -0.4 is 10.6 Å². The molecule has 0 amide bonds. The van der Waals surface area contributed by atoms with Gasteiger partial charge in [-0.25, -0.2) is 0 Å². The summed E-state index contributed by atoms with van der Waals surface area (Å²) in [6.45, 7) is 7.18. The van der Waals surface area contributed by atoms with Gasteiger partial charge in [0.05, 0.1) is 6.61 Å². The normalized spacial score (nSPS) is 10.8. The van der Waals surface area contributed by atoms with E-state index in [1.807, 2.05) is 19.1 Å². The fraction of sp³-hybridized carbons (Fsp3) is 0.533. The van der Waals surface area contributed by atoms with Crippen molar-refractivity contribution in [1.29, 1.82) is 0 Å². The van der Waals surface area contributed by atoms with Crippen molar-refractivity contribution >= 4 is 22.9 Å². The molecule has 3 nitrogen and oxygen atoms in total. The molecular weight excluding hydrogens is 256 g/mol. The number of benzene rings is 1. The highest BCUT2D eigenvalue weighted by atomic mass is 32.1. The lowest BCUT2D eigenvalue weighted by atomic mass is 10.0. The second kappa shape index (κ2) is 7.46. The predicted octanol–water partition coefficient (Wildman–Crippen LogP) is 2.62. The zero-order chi connectivity index (χ0) is 14.4. The first-order valence-electron chi connectivity index (χ1n) is 6.83. The van der Waals surface area contributed by atoms with Gasteiger partial charge in [0.2, 0.25) is 0 Å². The largest absolute Gasteiger partial charge is 0.395 e. The third kappa shape index (κ3) is 3.91. The summed E-state index contributed by atoms with van der Waals surface area (Å²) in [7, 11) is 0. The molecule has 0 saturated carbocycles. The number of aliphatic hydroxyl groups excluding tert-OH is 1. The Hall–Kier alpha value is -1.13. The average Bonchev–Trinajstić information content (AvgIpc) is 2.38. The number of nitrogens with two attached hydrogens (primary N) is 1. The van der Waals surface area contributed by atoms with Gasteiger partial charge in [0, 0.05) is 23.8 Å². The van der Waals surface area contributed by atoms with E-state index in [-0.39, 0.29) is 6.61 Å². The third-order valence-electron chi connectivity index (χ3n) is 3.53. The van der Waals surface area contributed by atoms with E-state index in [4.69, 9.17) is 18.0 Å². The first-order chi connectivity index (χ1) is 9.04. The van der Waals surface area contributed by atoms with Gasteiger partial charge in [0.1, 0.15) is 4.99 Å². The molecule has 0 radical (unpaired) electrons. The molecule has 0 saturated heterocycles. The summed E-state index contributed by atoms with van der Waals surface area (Å²) >= 11 is 5.03. The molecule has 0 atom stereocenters. The Morgan fingerprint density at radius 3 is 2.42 bits per heavy atom. The van der Waals surface area contributed by atoms with E-state index in [0.717, 1.165) is 29.7 Å². The maximum Gasteiger partial charge on any atom is 0.104 e. The van der Waals surface area contributed by atoms with E-state index in [9.17, 15) is 5.11 Å². The van der Waals surface area contributed by atoms with E-state index in [1.165, 1.54) is 0 Å². The molecule has 1 aromatic carbocycles. The van der Waals surface area contributed by atoms with Crippen LogP contribution in [0.4, 0.5) is 5.69 Å². The van der Waals surface area contributed by atoms with Gasteiger partial charge in [0.25, 0.3) is 0 Å². The summed E-state index contributed by atoms with van der Waals surface area (Å²) in [6.07, 6.45) is 2.12. The highest BCUT2D eigenvalue weighted by molar-refractivity contribution is 7.80. The molecule has 1 aromatic rings. The van der Waals surface area contributed by atoms with Gasteiger partial charge in [-0.2, -0.15) is 0 Å². The van der Waals surface area contributed by atoms with Gasteiger partial charge in [0.15, 0.2) is 0 Å². The molecule has 19 heavy (non-hydrogen) atoms. The van der Waals surface area contributed by atoms with Gasteiger partial charge in [-0.1, -0.05) is 26.1 Å². The van der Waals surface area contributed by atoms with Crippen molar-refractivity contribution in [2.24, 2.45) is 5.73 Å². The van der Waals surface area contributed by atoms with Crippen LogP contribution >= 0.6 is 12.2 Å².